The molecule has 2 rings (SSSR count). The predicted molar refractivity (Wildman–Crippen MR) is 71.7 cm³/mol. The minimum absolute atomic E-state index is 0.626. The van der Waals surface area contributed by atoms with Crippen molar-refractivity contribution in [1.82, 2.24) is 0 Å². The third-order valence-corrected chi connectivity index (χ3v) is 4.88. The van der Waals surface area contributed by atoms with Crippen LogP contribution in [0.15, 0.2) is 24.3 Å². The Morgan fingerprint density at radius 3 is 2.71 bits per heavy atom. The Morgan fingerprint density at radius 1 is 1.29 bits per heavy atom. The molecule has 1 aliphatic rings. The summed E-state index contributed by atoms with van der Waals surface area (Å²) in [5, 5.41) is 0. The summed E-state index contributed by atoms with van der Waals surface area (Å²) in [4.78, 5) is 0. The van der Waals surface area contributed by atoms with Crippen LogP contribution < -0.4 is 4.74 Å². The highest BCUT2D eigenvalue weighted by atomic mass is 32.2. The predicted octanol–water partition coefficient (Wildman–Crippen LogP) is 3.13. The van der Waals surface area contributed by atoms with Gasteiger partial charge in [-0.3, -0.25) is 4.21 Å². The van der Waals surface area contributed by atoms with Gasteiger partial charge >= 0.3 is 0 Å². The molecule has 3 heteroatoms. The Hall–Kier alpha value is -0.830. The summed E-state index contributed by atoms with van der Waals surface area (Å²) in [5.74, 6) is 3.02. The number of methoxy groups -OCH3 is 1. The van der Waals surface area contributed by atoms with Crippen LogP contribution in [0.4, 0.5) is 0 Å². The number of hydrogen-bond donors (Lipinski definition) is 0. The van der Waals surface area contributed by atoms with E-state index in [1.807, 2.05) is 24.3 Å². The standard InChI is InChI=1S/C14H20O2S/c1-16-14-9-5-4-8-13(14)11-17(15)10-12-6-2-3-7-12/h4-5,8-9,12H,2-3,6-7,10-11H2,1H3. The molecule has 1 unspecified atom stereocenters. The first-order chi connectivity index (χ1) is 8.29. The average Bonchev–Trinajstić information content (AvgIpc) is 2.82. The number of para-hydroxylation sites is 1. The lowest BCUT2D eigenvalue weighted by molar-refractivity contribution is 0.411. The van der Waals surface area contributed by atoms with Crippen molar-refractivity contribution in [2.24, 2.45) is 5.92 Å². The molecule has 1 saturated carbocycles. The molecule has 0 bridgehead atoms. The van der Waals surface area contributed by atoms with Crippen molar-refractivity contribution in [3.8, 4) is 5.75 Å². The third-order valence-electron chi connectivity index (χ3n) is 3.41. The molecule has 2 nitrogen and oxygen atoms in total. The normalized spacial score (nSPS) is 18.2. The van der Waals surface area contributed by atoms with Crippen LogP contribution in [-0.2, 0) is 16.6 Å². The van der Waals surface area contributed by atoms with E-state index in [-0.39, 0.29) is 0 Å². The molecule has 0 N–H and O–H groups in total. The quantitative estimate of drug-likeness (QED) is 0.804. The molecule has 1 atom stereocenters. The lowest BCUT2D eigenvalue weighted by Crippen LogP contribution is -2.09. The second kappa shape index (κ2) is 6.20. The van der Waals surface area contributed by atoms with E-state index in [0.717, 1.165) is 17.1 Å². The Labute approximate surface area is 106 Å². The zero-order valence-electron chi connectivity index (χ0n) is 10.4. The van der Waals surface area contributed by atoms with E-state index in [9.17, 15) is 4.21 Å². The van der Waals surface area contributed by atoms with E-state index >= 15 is 0 Å². The van der Waals surface area contributed by atoms with E-state index in [4.69, 9.17) is 4.74 Å². The molecule has 0 spiro atoms. The fourth-order valence-electron chi connectivity index (χ4n) is 2.49. The summed E-state index contributed by atoms with van der Waals surface area (Å²) in [6.07, 6.45) is 5.16. The summed E-state index contributed by atoms with van der Waals surface area (Å²) >= 11 is 0. The van der Waals surface area contributed by atoms with Gasteiger partial charge in [-0.2, -0.15) is 0 Å². The summed E-state index contributed by atoms with van der Waals surface area (Å²) in [7, 11) is 0.913. The first-order valence-electron chi connectivity index (χ1n) is 6.26. The van der Waals surface area contributed by atoms with E-state index in [0.29, 0.717) is 11.7 Å². The van der Waals surface area contributed by atoms with Gasteiger partial charge in [-0.05, 0) is 24.8 Å². The third kappa shape index (κ3) is 3.56. The maximum Gasteiger partial charge on any atom is 0.122 e. The molecule has 1 aromatic rings. The zero-order chi connectivity index (χ0) is 12.1. The first kappa shape index (κ1) is 12.6. The molecular weight excluding hydrogens is 232 g/mol. The van der Waals surface area contributed by atoms with Crippen molar-refractivity contribution < 1.29 is 8.95 Å². The van der Waals surface area contributed by atoms with Crippen LogP contribution in [0.2, 0.25) is 0 Å². The van der Waals surface area contributed by atoms with Gasteiger partial charge in [0.1, 0.15) is 5.75 Å². The van der Waals surface area contributed by atoms with Crippen molar-refractivity contribution in [2.75, 3.05) is 12.9 Å². The Balaban J connectivity index is 1.92. The van der Waals surface area contributed by atoms with E-state index < -0.39 is 10.8 Å². The van der Waals surface area contributed by atoms with Gasteiger partial charge in [0.15, 0.2) is 0 Å². The molecule has 94 valence electrons. The topological polar surface area (TPSA) is 26.3 Å². The fourth-order valence-corrected chi connectivity index (χ4v) is 4.06. The lowest BCUT2D eigenvalue weighted by Gasteiger charge is -2.10. The molecule has 1 fully saturated rings. The van der Waals surface area contributed by atoms with Crippen molar-refractivity contribution >= 4 is 10.8 Å². The Bertz CT molecular complexity index is 384. The molecule has 1 aliphatic carbocycles. The summed E-state index contributed by atoms with van der Waals surface area (Å²) in [5.41, 5.74) is 1.06. The molecule has 0 aromatic heterocycles. The smallest absolute Gasteiger partial charge is 0.122 e. The van der Waals surface area contributed by atoms with Crippen LogP contribution in [0.25, 0.3) is 0 Å². The van der Waals surface area contributed by atoms with Crippen LogP contribution in [0, 0.1) is 5.92 Å². The summed E-state index contributed by atoms with van der Waals surface area (Å²) < 4.78 is 17.4. The second-order valence-electron chi connectivity index (χ2n) is 4.71. The van der Waals surface area contributed by atoms with Crippen LogP contribution in [-0.4, -0.2) is 17.1 Å². The van der Waals surface area contributed by atoms with Crippen LogP contribution in [0.3, 0.4) is 0 Å². The molecule has 0 saturated heterocycles. The fraction of sp³-hybridized carbons (Fsp3) is 0.571. The van der Waals surface area contributed by atoms with Crippen molar-refractivity contribution in [3.63, 3.8) is 0 Å². The molecule has 0 aliphatic heterocycles. The SMILES string of the molecule is COc1ccccc1CS(=O)CC1CCCC1. The maximum absolute atomic E-state index is 12.1. The Morgan fingerprint density at radius 2 is 2.00 bits per heavy atom. The van der Waals surface area contributed by atoms with Crippen LogP contribution >= 0.6 is 0 Å². The lowest BCUT2D eigenvalue weighted by atomic mass is 10.1. The van der Waals surface area contributed by atoms with Gasteiger partial charge in [0, 0.05) is 22.1 Å². The highest BCUT2D eigenvalue weighted by Gasteiger charge is 2.18. The number of rotatable bonds is 5. The van der Waals surface area contributed by atoms with Crippen LogP contribution in [0.1, 0.15) is 31.2 Å². The highest BCUT2D eigenvalue weighted by molar-refractivity contribution is 7.84. The molecule has 0 radical (unpaired) electrons. The van der Waals surface area contributed by atoms with Crippen molar-refractivity contribution in [2.45, 2.75) is 31.4 Å². The highest BCUT2D eigenvalue weighted by Crippen LogP contribution is 2.26. The largest absolute Gasteiger partial charge is 0.496 e. The van der Waals surface area contributed by atoms with Gasteiger partial charge in [-0.1, -0.05) is 31.0 Å². The van der Waals surface area contributed by atoms with Gasteiger partial charge in [-0.25, -0.2) is 0 Å². The monoisotopic (exact) mass is 252 g/mol. The minimum Gasteiger partial charge on any atom is -0.496 e. The molecule has 17 heavy (non-hydrogen) atoms. The molecule has 1 aromatic carbocycles. The van der Waals surface area contributed by atoms with Gasteiger partial charge in [-0.15, -0.1) is 0 Å². The minimum atomic E-state index is -0.753. The number of ether oxygens (including phenoxy) is 1. The molecule has 0 heterocycles. The van der Waals surface area contributed by atoms with Gasteiger partial charge in [0.2, 0.25) is 0 Å². The Kier molecular flexibility index (Phi) is 4.60. The zero-order valence-corrected chi connectivity index (χ0v) is 11.2. The van der Waals surface area contributed by atoms with Gasteiger partial charge in [0.05, 0.1) is 12.9 Å². The second-order valence-corrected chi connectivity index (χ2v) is 6.21. The average molecular weight is 252 g/mol. The first-order valence-corrected chi connectivity index (χ1v) is 7.75. The van der Waals surface area contributed by atoms with E-state index in [2.05, 4.69) is 0 Å². The summed E-state index contributed by atoms with van der Waals surface area (Å²) in [6.45, 7) is 0. The molecular formula is C14H20O2S. The van der Waals surface area contributed by atoms with Crippen LogP contribution in [0.5, 0.6) is 5.75 Å². The molecule has 0 amide bonds. The van der Waals surface area contributed by atoms with E-state index in [1.165, 1.54) is 25.7 Å². The van der Waals surface area contributed by atoms with Gasteiger partial charge in [0.25, 0.3) is 0 Å². The van der Waals surface area contributed by atoms with E-state index in [1.54, 1.807) is 7.11 Å². The van der Waals surface area contributed by atoms with Gasteiger partial charge < -0.3 is 4.74 Å². The van der Waals surface area contributed by atoms with Crippen molar-refractivity contribution in [3.05, 3.63) is 29.8 Å². The van der Waals surface area contributed by atoms with Crippen molar-refractivity contribution in [1.29, 1.82) is 0 Å². The summed E-state index contributed by atoms with van der Waals surface area (Å²) in [6, 6.07) is 7.86. The maximum atomic E-state index is 12.1. The number of hydrogen-bond acceptors (Lipinski definition) is 2. The number of benzene rings is 1.